The van der Waals surface area contributed by atoms with Crippen LogP contribution in [0, 0.1) is 6.92 Å². The van der Waals surface area contributed by atoms with E-state index < -0.39 is 51.4 Å². The number of ether oxygens (including phenoxy) is 1. The van der Waals surface area contributed by atoms with Gasteiger partial charge in [0.2, 0.25) is 17.3 Å². The molecule has 0 radical (unpaired) electrons. The monoisotopic (exact) mass is 316 g/mol. The molecule has 0 aliphatic heterocycles. The van der Waals surface area contributed by atoms with Crippen LogP contribution in [0.25, 0.3) is 0 Å². The topological polar surface area (TPSA) is 124 Å². The summed E-state index contributed by atoms with van der Waals surface area (Å²) >= 11 is 0. The van der Waals surface area contributed by atoms with Gasteiger partial charge in [-0.05, 0) is 24.6 Å². The maximum atomic E-state index is 12.6. The molecule has 23 heavy (non-hydrogen) atoms. The fourth-order valence-corrected chi connectivity index (χ4v) is 2.77. The molecule has 4 N–H and O–H groups in total. The molecule has 0 heterocycles. The lowest BCUT2D eigenvalue weighted by Crippen LogP contribution is -2.22. The van der Waals surface area contributed by atoms with Gasteiger partial charge in [0.25, 0.3) is 0 Å². The molecule has 0 atom stereocenters. The fraction of sp³-hybridized carbons (Fsp3) is 0.125. The maximum absolute atomic E-state index is 12.6. The van der Waals surface area contributed by atoms with E-state index in [2.05, 4.69) is 0 Å². The summed E-state index contributed by atoms with van der Waals surface area (Å²) in [7, 11) is 1.12. The number of hydrogen-bond acceptors (Lipinski definition) is 7. The Morgan fingerprint density at radius 3 is 2.04 bits per heavy atom. The summed E-state index contributed by atoms with van der Waals surface area (Å²) in [5, 5.41) is 40.0. The molecule has 7 nitrogen and oxygen atoms in total. The highest BCUT2D eigenvalue weighted by Gasteiger charge is 2.39. The molecule has 0 unspecified atom stereocenters. The van der Waals surface area contributed by atoms with E-state index in [0.717, 1.165) is 7.11 Å². The van der Waals surface area contributed by atoms with Gasteiger partial charge in [-0.25, -0.2) is 0 Å². The molecule has 2 aromatic carbocycles. The number of benzene rings is 2. The minimum Gasteiger partial charge on any atom is -0.507 e. The van der Waals surface area contributed by atoms with E-state index >= 15 is 0 Å². The van der Waals surface area contributed by atoms with Gasteiger partial charge in [-0.3, -0.25) is 9.59 Å². The number of phenols is 4. The summed E-state index contributed by atoms with van der Waals surface area (Å²) in [5.41, 5.74) is -0.890. The quantitative estimate of drug-likeness (QED) is 0.397. The lowest BCUT2D eigenvalue weighted by molar-refractivity contribution is 0.0970. The second-order valence-electron chi connectivity index (χ2n) is 5.19. The third-order valence-corrected chi connectivity index (χ3v) is 3.77. The fourth-order valence-electron chi connectivity index (χ4n) is 2.77. The van der Waals surface area contributed by atoms with Crippen LogP contribution in [-0.2, 0) is 0 Å². The SMILES string of the molecule is COc1c(O)c(O)c2c(c1O)C(=O)c1c(O)cc(C)cc1C2=O. The van der Waals surface area contributed by atoms with Gasteiger partial charge < -0.3 is 25.2 Å². The van der Waals surface area contributed by atoms with E-state index in [1.54, 1.807) is 6.92 Å². The van der Waals surface area contributed by atoms with Gasteiger partial charge in [-0.15, -0.1) is 0 Å². The molecule has 0 bridgehead atoms. The number of rotatable bonds is 1. The van der Waals surface area contributed by atoms with Crippen LogP contribution in [0.5, 0.6) is 28.7 Å². The number of hydrogen-bond donors (Lipinski definition) is 4. The van der Waals surface area contributed by atoms with Gasteiger partial charge in [0.15, 0.2) is 17.3 Å². The zero-order valence-electron chi connectivity index (χ0n) is 12.2. The average Bonchev–Trinajstić information content (AvgIpc) is 2.48. The first-order valence-corrected chi connectivity index (χ1v) is 6.57. The highest BCUT2D eigenvalue weighted by Crippen LogP contribution is 2.51. The summed E-state index contributed by atoms with van der Waals surface area (Å²) in [6.45, 7) is 1.62. The molecular formula is C16H12O7. The second-order valence-corrected chi connectivity index (χ2v) is 5.19. The van der Waals surface area contributed by atoms with Crippen molar-refractivity contribution in [3.05, 3.63) is 39.9 Å². The molecule has 0 spiro atoms. The Balaban J connectivity index is 2.45. The molecule has 0 amide bonds. The minimum absolute atomic E-state index is 0.112. The van der Waals surface area contributed by atoms with Crippen LogP contribution >= 0.6 is 0 Å². The van der Waals surface area contributed by atoms with Crippen LogP contribution in [0.15, 0.2) is 12.1 Å². The Kier molecular flexibility index (Phi) is 2.97. The molecule has 7 heteroatoms. The normalized spacial score (nSPS) is 12.8. The second kappa shape index (κ2) is 4.64. The number of fused-ring (bicyclic) bond motifs is 2. The smallest absolute Gasteiger partial charge is 0.207 e. The van der Waals surface area contributed by atoms with Crippen molar-refractivity contribution in [2.45, 2.75) is 6.92 Å². The van der Waals surface area contributed by atoms with Crippen molar-refractivity contribution in [3.63, 3.8) is 0 Å². The summed E-state index contributed by atoms with van der Waals surface area (Å²) < 4.78 is 4.76. The van der Waals surface area contributed by atoms with Crippen molar-refractivity contribution in [2.24, 2.45) is 0 Å². The number of phenolic OH excluding ortho intramolecular Hbond substituents is 4. The molecule has 0 saturated carbocycles. The Labute approximate surface area is 130 Å². The van der Waals surface area contributed by atoms with Crippen LogP contribution in [0.2, 0.25) is 0 Å². The van der Waals surface area contributed by atoms with E-state index in [0.29, 0.717) is 5.56 Å². The molecule has 0 aromatic heterocycles. The molecule has 0 fully saturated rings. The Hall–Kier alpha value is -3.22. The maximum Gasteiger partial charge on any atom is 0.207 e. The zero-order valence-corrected chi connectivity index (χ0v) is 12.2. The number of carbonyl (C=O) groups excluding carboxylic acids is 2. The zero-order chi connectivity index (χ0) is 17.0. The third-order valence-electron chi connectivity index (χ3n) is 3.77. The van der Waals surface area contributed by atoms with Crippen molar-refractivity contribution < 1.29 is 34.8 Å². The number of methoxy groups -OCH3 is 1. The van der Waals surface area contributed by atoms with Crippen molar-refractivity contribution in [3.8, 4) is 28.7 Å². The van der Waals surface area contributed by atoms with Crippen molar-refractivity contribution >= 4 is 11.6 Å². The lowest BCUT2D eigenvalue weighted by Gasteiger charge is -2.22. The van der Waals surface area contributed by atoms with E-state index in [4.69, 9.17) is 4.74 Å². The van der Waals surface area contributed by atoms with Crippen molar-refractivity contribution in [1.82, 2.24) is 0 Å². The van der Waals surface area contributed by atoms with E-state index in [-0.39, 0.29) is 11.1 Å². The summed E-state index contributed by atoms with van der Waals surface area (Å²) in [6.07, 6.45) is 0. The molecule has 1 aliphatic carbocycles. The molecule has 0 saturated heterocycles. The molecular weight excluding hydrogens is 304 g/mol. The number of aryl methyl sites for hydroxylation is 1. The number of carbonyl (C=O) groups is 2. The van der Waals surface area contributed by atoms with Crippen LogP contribution in [-0.4, -0.2) is 39.1 Å². The summed E-state index contributed by atoms with van der Waals surface area (Å²) in [4.78, 5) is 25.2. The average molecular weight is 316 g/mol. The van der Waals surface area contributed by atoms with Gasteiger partial charge in [-0.1, -0.05) is 0 Å². The van der Waals surface area contributed by atoms with Gasteiger partial charge in [0.1, 0.15) is 5.75 Å². The van der Waals surface area contributed by atoms with Crippen molar-refractivity contribution in [1.29, 1.82) is 0 Å². The first-order valence-electron chi connectivity index (χ1n) is 6.57. The van der Waals surface area contributed by atoms with E-state index in [1.165, 1.54) is 12.1 Å². The summed E-state index contributed by atoms with van der Waals surface area (Å²) in [6, 6.07) is 2.69. The Morgan fingerprint density at radius 1 is 0.826 bits per heavy atom. The highest BCUT2D eigenvalue weighted by atomic mass is 16.5. The number of ketones is 2. The first kappa shape index (κ1) is 14.7. The largest absolute Gasteiger partial charge is 0.507 e. The molecule has 2 aromatic rings. The first-order chi connectivity index (χ1) is 10.8. The van der Waals surface area contributed by atoms with Gasteiger partial charge in [0.05, 0.1) is 23.8 Å². The molecule has 1 aliphatic rings. The summed E-state index contributed by atoms with van der Waals surface area (Å²) in [5.74, 6) is -5.06. The minimum atomic E-state index is -0.861. The highest BCUT2D eigenvalue weighted by molar-refractivity contribution is 6.31. The van der Waals surface area contributed by atoms with Gasteiger partial charge in [-0.2, -0.15) is 0 Å². The third kappa shape index (κ3) is 1.76. The van der Waals surface area contributed by atoms with E-state index in [9.17, 15) is 30.0 Å². The van der Waals surface area contributed by atoms with Crippen LogP contribution in [0.3, 0.4) is 0 Å². The van der Waals surface area contributed by atoms with Crippen LogP contribution in [0.1, 0.15) is 37.4 Å². The standard InChI is InChI=1S/C16H12O7/c1-5-3-6-8(7(17)4-5)12(19)10-9(11(6)18)13(20)15(22)16(23-2)14(10)21/h3-4,17,20-22H,1-2H3. The lowest BCUT2D eigenvalue weighted by atomic mass is 9.81. The van der Waals surface area contributed by atoms with Gasteiger partial charge >= 0.3 is 0 Å². The number of aromatic hydroxyl groups is 4. The molecule has 118 valence electrons. The predicted molar refractivity (Wildman–Crippen MR) is 77.7 cm³/mol. The van der Waals surface area contributed by atoms with Gasteiger partial charge in [0, 0.05) is 5.56 Å². The predicted octanol–water partition coefficient (Wildman–Crippen LogP) is 1.60. The van der Waals surface area contributed by atoms with Crippen LogP contribution < -0.4 is 4.74 Å². The van der Waals surface area contributed by atoms with Crippen molar-refractivity contribution in [2.75, 3.05) is 7.11 Å². The Morgan fingerprint density at radius 2 is 1.43 bits per heavy atom. The molecule has 3 rings (SSSR count). The Bertz CT molecular complexity index is 896. The van der Waals surface area contributed by atoms with Crippen LogP contribution in [0.4, 0.5) is 0 Å². The van der Waals surface area contributed by atoms with E-state index in [1.807, 2.05) is 0 Å².